The van der Waals surface area contributed by atoms with E-state index in [0.717, 1.165) is 31.4 Å². The largest absolute Gasteiger partial charge is 0.374 e. The van der Waals surface area contributed by atoms with E-state index in [9.17, 15) is 9.59 Å². The highest BCUT2D eigenvalue weighted by Gasteiger charge is 2.45. The number of amides is 2. The summed E-state index contributed by atoms with van der Waals surface area (Å²) < 4.78 is 7.91. The minimum absolute atomic E-state index is 0.0222. The summed E-state index contributed by atoms with van der Waals surface area (Å²) in [7, 11) is 0. The zero-order valence-electron chi connectivity index (χ0n) is 20.1. The molecule has 0 radical (unpaired) electrons. The van der Waals surface area contributed by atoms with Crippen LogP contribution in [0.15, 0.2) is 54.6 Å². The van der Waals surface area contributed by atoms with Gasteiger partial charge in [0.1, 0.15) is 6.04 Å². The third-order valence-electron chi connectivity index (χ3n) is 7.31. The Balaban J connectivity index is 1.41. The van der Waals surface area contributed by atoms with Crippen LogP contribution < -0.4 is 9.62 Å². The van der Waals surface area contributed by atoms with Gasteiger partial charge in [-0.2, -0.15) is 0 Å². The van der Waals surface area contributed by atoms with Gasteiger partial charge in [-0.05, 0) is 36.5 Å². The molecule has 2 heterocycles. The van der Waals surface area contributed by atoms with Crippen LogP contribution in [0.25, 0.3) is 0 Å². The molecule has 1 fully saturated rings. The summed E-state index contributed by atoms with van der Waals surface area (Å²) in [6.45, 7) is 6.58. The van der Waals surface area contributed by atoms with Gasteiger partial charge >= 0.3 is 0 Å². The van der Waals surface area contributed by atoms with Crippen LogP contribution in [0, 0.1) is 5.92 Å². The minimum Gasteiger partial charge on any atom is -0.374 e. The van der Waals surface area contributed by atoms with Crippen molar-refractivity contribution in [1.29, 1.82) is 0 Å². The molecule has 2 unspecified atom stereocenters. The molecule has 1 saturated heterocycles. The molecule has 0 saturated carbocycles. The number of hydrogen-bond acceptors (Lipinski definition) is 5. The molecule has 2 atom stereocenters. The molecule has 7 heteroatoms. The average Bonchev–Trinajstić information content (AvgIpc) is 3.14. The first-order valence-electron chi connectivity index (χ1n) is 12.2. The first kappa shape index (κ1) is 24.6. The number of carbonyl (C=O) groups excluding carboxylic acids is 2. The number of para-hydroxylation sites is 1. The summed E-state index contributed by atoms with van der Waals surface area (Å²) in [5, 5.41) is 2.96. The van der Waals surface area contributed by atoms with Crippen molar-refractivity contribution in [3.8, 4) is 0 Å². The van der Waals surface area contributed by atoms with Gasteiger partial charge < -0.3 is 19.3 Å². The number of ether oxygens (including phenoxy) is 1. The van der Waals surface area contributed by atoms with E-state index in [1.54, 1.807) is 0 Å². The van der Waals surface area contributed by atoms with Gasteiger partial charge in [0.05, 0.1) is 18.9 Å². The van der Waals surface area contributed by atoms with E-state index in [1.807, 2.05) is 59.5 Å². The predicted octanol–water partition coefficient (Wildman–Crippen LogP) is 3.96. The third kappa shape index (κ3) is 5.26. The van der Waals surface area contributed by atoms with Gasteiger partial charge in [0, 0.05) is 31.0 Å². The quantitative estimate of drug-likeness (QED) is 0.561. The highest BCUT2D eigenvalue weighted by molar-refractivity contribution is 7.81. The normalized spacial score (nSPS) is 18.4. The number of nitrogens with one attached hydrogen (secondary N) is 1. The fourth-order valence-electron chi connectivity index (χ4n) is 4.95. The Morgan fingerprint density at radius 2 is 1.76 bits per heavy atom. The number of benzene rings is 2. The Hall–Kier alpha value is -2.51. The van der Waals surface area contributed by atoms with Crippen LogP contribution in [-0.4, -0.2) is 49.0 Å². The number of anilines is 1. The van der Waals surface area contributed by atoms with Crippen LogP contribution in [0.4, 0.5) is 5.69 Å². The average molecular weight is 482 g/mol. The number of rotatable bonds is 8. The van der Waals surface area contributed by atoms with Gasteiger partial charge in [-0.1, -0.05) is 75.2 Å². The topological polar surface area (TPSA) is 61.9 Å². The van der Waals surface area contributed by atoms with Gasteiger partial charge in [-0.15, -0.1) is 0 Å². The Kier molecular flexibility index (Phi) is 7.84. The van der Waals surface area contributed by atoms with Crippen LogP contribution in [-0.2, 0) is 26.3 Å². The first-order valence-corrected chi connectivity index (χ1v) is 12.6. The number of hydrogen-bond donors (Lipinski definition) is 2. The molecule has 0 aliphatic carbocycles. The van der Waals surface area contributed by atoms with Crippen molar-refractivity contribution >= 4 is 30.3 Å². The number of thiol groups is 1. The standard InChI is InChI=1S/C27H35N3O3S/c1-3-20(2)25(31)28-23(18-33-17-21-9-5-4-6-10-21)26(32)29-15-13-27(14-16-29)19-30(34)24-12-8-7-11-22(24)27/h4-12,20,23,34H,3,13-19H2,1-2H3,(H,28,31). The zero-order valence-corrected chi connectivity index (χ0v) is 21.0. The smallest absolute Gasteiger partial charge is 0.247 e. The van der Waals surface area contributed by atoms with E-state index >= 15 is 0 Å². The molecular weight excluding hydrogens is 446 g/mol. The van der Waals surface area contributed by atoms with E-state index in [4.69, 9.17) is 4.74 Å². The van der Waals surface area contributed by atoms with Crippen LogP contribution in [0.5, 0.6) is 0 Å². The number of carbonyl (C=O) groups is 2. The van der Waals surface area contributed by atoms with E-state index in [-0.39, 0.29) is 29.8 Å². The molecule has 4 rings (SSSR count). The SMILES string of the molecule is CCC(C)C(=O)NC(COCc1ccccc1)C(=O)N1CCC2(CC1)CN(S)c1ccccc12. The first-order chi connectivity index (χ1) is 16.4. The second-order valence-electron chi connectivity index (χ2n) is 9.55. The lowest BCUT2D eigenvalue weighted by atomic mass is 9.74. The van der Waals surface area contributed by atoms with Crippen LogP contribution >= 0.6 is 12.8 Å². The number of fused-ring (bicyclic) bond motifs is 2. The highest BCUT2D eigenvalue weighted by Crippen LogP contribution is 2.47. The van der Waals surface area contributed by atoms with Crippen LogP contribution in [0.2, 0.25) is 0 Å². The van der Waals surface area contributed by atoms with Gasteiger partial charge in [0.15, 0.2) is 0 Å². The maximum atomic E-state index is 13.5. The molecule has 0 bridgehead atoms. The molecule has 2 aliphatic rings. The molecule has 2 amide bonds. The lowest BCUT2D eigenvalue weighted by molar-refractivity contribution is -0.140. The number of nitrogens with zero attached hydrogens (tertiary/aromatic N) is 2. The summed E-state index contributed by atoms with van der Waals surface area (Å²) in [6, 6.07) is 17.6. The Bertz CT molecular complexity index is 992. The molecule has 1 spiro atoms. The summed E-state index contributed by atoms with van der Waals surface area (Å²) in [5.41, 5.74) is 3.55. The van der Waals surface area contributed by atoms with Gasteiger partial charge in [-0.25, -0.2) is 0 Å². The molecule has 1 N–H and O–H groups in total. The second-order valence-corrected chi connectivity index (χ2v) is 10.0. The molecule has 0 aromatic heterocycles. The van der Waals surface area contributed by atoms with Crippen LogP contribution in [0.1, 0.15) is 44.2 Å². The van der Waals surface area contributed by atoms with Crippen LogP contribution in [0.3, 0.4) is 0 Å². The van der Waals surface area contributed by atoms with Gasteiger partial charge in [-0.3, -0.25) is 9.59 Å². The summed E-state index contributed by atoms with van der Waals surface area (Å²) >= 11 is 4.67. The van der Waals surface area contributed by atoms with E-state index in [0.29, 0.717) is 19.7 Å². The Labute approximate surface area is 208 Å². The molecular formula is C27H35N3O3S. The van der Waals surface area contributed by atoms with Crippen molar-refractivity contribution in [2.45, 2.75) is 51.2 Å². The predicted molar refractivity (Wildman–Crippen MR) is 138 cm³/mol. The van der Waals surface area contributed by atoms with E-state index in [2.05, 4.69) is 36.3 Å². The van der Waals surface area contributed by atoms with Crippen molar-refractivity contribution in [2.75, 3.05) is 30.5 Å². The minimum atomic E-state index is -0.684. The summed E-state index contributed by atoms with van der Waals surface area (Å²) in [4.78, 5) is 28.0. The molecule has 2 aliphatic heterocycles. The Morgan fingerprint density at radius 1 is 1.09 bits per heavy atom. The molecule has 2 aromatic carbocycles. The van der Waals surface area contributed by atoms with E-state index < -0.39 is 6.04 Å². The van der Waals surface area contributed by atoms with Gasteiger partial charge in [0.2, 0.25) is 11.8 Å². The van der Waals surface area contributed by atoms with E-state index in [1.165, 1.54) is 11.3 Å². The van der Waals surface area contributed by atoms with Crippen molar-refractivity contribution in [3.63, 3.8) is 0 Å². The van der Waals surface area contributed by atoms with Crippen molar-refractivity contribution in [3.05, 3.63) is 65.7 Å². The second kappa shape index (κ2) is 10.8. The molecule has 34 heavy (non-hydrogen) atoms. The van der Waals surface area contributed by atoms with Crippen molar-refractivity contribution in [1.82, 2.24) is 10.2 Å². The summed E-state index contributed by atoms with van der Waals surface area (Å²) in [6.07, 6.45) is 2.48. The fraction of sp³-hybridized carbons (Fsp3) is 0.481. The molecule has 182 valence electrons. The Morgan fingerprint density at radius 3 is 2.47 bits per heavy atom. The maximum Gasteiger partial charge on any atom is 0.247 e. The lowest BCUT2D eigenvalue weighted by Crippen LogP contribution is -2.55. The monoisotopic (exact) mass is 481 g/mol. The van der Waals surface area contributed by atoms with Crippen molar-refractivity contribution in [2.24, 2.45) is 5.92 Å². The fourth-order valence-corrected chi connectivity index (χ4v) is 5.40. The number of likely N-dealkylation sites (tertiary alicyclic amines) is 1. The third-order valence-corrected chi connectivity index (χ3v) is 7.67. The maximum absolute atomic E-state index is 13.5. The highest BCUT2D eigenvalue weighted by atomic mass is 32.1. The lowest BCUT2D eigenvalue weighted by Gasteiger charge is -2.40. The number of piperidine rings is 1. The van der Waals surface area contributed by atoms with Gasteiger partial charge in [0.25, 0.3) is 0 Å². The summed E-state index contributed by atoms with van der Waals surface area (Å²) in [5.74, 6) is -0.313. The molecule has 6 nitrogen and oxygen atoms in total. The zero-order chi connectivity index (χ0) is 24.1. The van der Waals surface area contributed by atoms with Crippen molar-refractivity contribution < 1.29 is 14.3 Å². The molecule has 2 aromatic rings.